The van der Waals surface area contributed by atoms with Crippen LogP contribution in [0.1, 0.15) is 29.7 Å². The molecule has 2 amide bonds. The lowest BCUT2D eigenvalue weighted by molar-refractivity contribution is 0.241. The lowest BCUT2D eigenvalue weighted by atomic mass is 10.1. The Morgan fingerprint density at radius 1 is 1.08 bits per heavy atom. The molecule has 0 radical (unpaired) electrons. The molecule has 0 heterocycles. The van der Waals surface area contributed by atoms with Crippen LogP contribution >= 0.6 is 0 Å². The Labute approximate surface area is 148 Å². The summed E-state index contributed by atoms with van der Waals surface area (Å²) in [6.45, 7) is 3.94. The van der Waals surface area contributed by atoms with E-state index in [1.165, 1.54) is 0 Å². The number of aryl methyl sites for hydroxylation is 1. The summed E-state index contributed by atoms with van der Waals surface area (Å²) >= 11 is 0. The van der Waals surface area contributed by atoms with Crippen molar-refractivity contribution in [2.24, 2.45) is 0 Å². The van der Waals surface area contributed by atoms with Crippen LogP contribution in [0.4, 0.5) is 4.79 Å². The topological polar surface area (TPSA) is 59.6 Å². The van der Waals surface area contributed by atoms with Gasteiger partial charge in [-0.2, -0.15) is 0 Å². The molecule has 2 rings (SSSR count). The first kappa shape index (κ1) is 18.4. The number of amides is 2. The van der Waals surface area contributed by atoms with Crippen LogP contribution in [0.25, 0.3) is 6.08 Å². The van der Waals surface area contributed by atoms with Crippen LogP contribution in [0.3, 0.4) is 0 Å². The zero-order valence-electron chi connectivity index (χ0n) is 15.0. The maximum atomic E-state index is 12.1. The van der Waals surface area contributed by atoms with E-state index >= 15 is 0 Å². The van der Waals surface area contributed by atoms with Crippen LogP contribution < -0.4 is 20.1 Å². The van der Waals surface area contributed by atoms with Crippen molar-refractivity contribution in [1.82, 2.24) is 10.6 Å². The number of urea groups is 1. The van der Waals surface area contributed by atoms with Crippen molar-refractivity contribution >= 4 is 12.1 Å². The van der Waals surface area contributed by atoms with Crippen molar-refractivity contribution in [3.8, 4) is 11.5 Å². The van der Waals surface area contributed by atoms with E-state index in [9.17, 15) is 4.79 Å². The molecule has 5 nitrogen and oxygen atoms in total. The molecule has 0 aliphatic rings. The average Bonchev–Trinajstić information content (AvgIpc) is 2.62. The third kappa shape index (κ3) is 5.01. The highest BCUT2D eigenvalue weighted by atomic mass is 16.5. The Morgan fingerprint density at radius 3 is 2.48 bits per heavy atom. The highest BCUT2D eigenvalue weighted by Gasteiger charge is 2.12. The third-order valence-electron chi connectivity index (χ3n) is 3.92. The fourth-order valence-corrected chi connectivity index (χ4v) is 2.42. The van der Waals surface area contributed by atoms with Gasteiger partial charge in [0.2, 0.25) is 0 Å². The number of carbonyl (C=O) groups excluding carboxylic acids is 1. The predicted octanol–water partition coefficient (Wildman–Crippen LogP) is 4.04. The van der Waals surface area contributed by atoms with Crippen LogP contribution in [-0.2, 0) is 0 Å². The molecule has 2 aromatic rings. The van der Waals surface area contributed by atoms with Gasteiger partial charge in [0.1, 0.15) is 0 Å². The van der Waals surface area contributed by atoms with Crippen LogP contribution in [0, 0.1) is 6.92 Å². The highest BCUT2D eigenvalue weighted by Crippen LogP contribution is 2.29. The van der Waals surface area contributed by atoms with E-state index in [-0.39, 0.29) is 12.1 Å². The van der Waals surface area contributed by atoms with Crippen molar-refractivity contribution in [2.75, 3.05) is 14.2 Å². The summed E-state index contributed by atoms with van der Waals surface area (Å²) < 4.78 is 10.5. The Morgan fingerprint density at radius 2 is 1.80 bits per heavy atom. The fraction of sp³-hybridized carbons (Fsp3) is 0.250. The first-order valence-electron chi connectivity index (χ1n) is 8.06. The van der Waals surface area contributed by atoms with Gasteiger partial charge in [0, 0.05) is 6.20 Å². The molecule has 0 bridgehead atoms. The summed E-state index contributed by atoms with van der Waals surface area (Å²) in [5.41, 5.74) is 3.14. The molecule has 0 spiro atoms. The number of hydrogen-bond donors (Lipinski definition) is 2. The van der Waals surface area contributed by atoms with Gasteiger partial charge in [0.05, 0.1) is 20.3 Å². The summed E-state index contributed by atoms with van der Waals surface area (Å²) in [6, 6.07) is 13.1. The van der Waals surface area contributed by atoms with Gasteiger partial charge in [0.15, 0.2) is 11.5 Å². The molecule has 0 fully saturated rings. The molecule has 1 atom stereocenters. The van der Waals surface area contributed by atoms with Crippen LogP contribution in [-0.4, -0.2) is 20.3 Å². The number of methoxy groups -OCH3 is 2. The van der Waals surface area contributed by atoms with E-state index in [0.717, 1.165) is 16.7 Å². The Hall–Kier alpha value is -2.95. The number of rotatable bonds is 6. The molecule has 2 N–H and O–H groups in total. The number of ether oxygens (including phenoxy) is 2. The van der Waals surface area contributed by atoms with E-state index in [2.05, 4.69) is 10.6 Å². The second-order valence-electron chi connectivity index (χ2n) is 5.64. The predicted molar refractivity (Wildman–Crippen MR) is 99.8 cm³/mol. The van der Waals surface area contributed by atoms with Gasteiger partial charge in [-0.25, -0.2) is 4.79 Å². The summed E-state index contributed by atoms with van der Waals surface area (Å²) in [5, 5.41) is 5.61. The van der Waals surface area contributed by atoms with Gasteiger partial charge in [0.25, 0.3) is 0 Å². The molecule has 0 aliphatic heterocycles. The SMILES string of the molecule is COc1ccc(C(C)NC(=O)N/C=C/c2ccccc2C)cc1OC. The molecule has 25 heavy (non-hydrogen) atoms. The zero-order chi connectivity index (χ0) is 18.2. The van der Waals surface area contributed by atoms with E-state index in [4.69, 9.17) is 9.47 Å². The van der Waals surface area contributed by atoms with E-state index in [1.807, 2.05) is 62.4 Å². The largest absolute Gasteiger partial charge is 0.493 e. The van der Waals surface area contributed by atoms with Crippen LogP contribution in [0.5, 0.6) is 11.5 Å². The van der Waals surface area contributed by atoms with Crippen molar-refractivity contribution in [3.05, 3.63) is 65.4 Å². The monoisotopic (exact) mass is 340 g/mol. The number of benzene rings is 2. The van der Waals surface area contributed by atoms with E-state index < -0.39 is 0 Å². The van der Waals surface area contributed by atoms with Gasteiger partial charge in [-0.05, 0) is 48.7 Å². The molecule has 0 saturated heterocycles. The first-order valence-corrected chi connectivity index (χ1v) is 8.06. The maximum absolute atomic E-state index is 12.1. The summed E-state index contributed by atoms with van der Waals surface area (Å²) in [5.74, 6) is 1.29. The standard InChI is InChI=1S/C20H24N2O3/c1-14-7-5-6-8-16(14)11-12-21-20(23)22-15(2)17-9-10-18(24-3)19(13-17)25-4/h5-13,15H,1-4H3,(H2,21,22,23)/b12-11+. The minimum Gasteiger partial charge on any atom is -0.493 e. The number of hydrogen-bond acceptors (Lipinski definition) is 3. The molecule has 5 heteroatoms. The Kier molecular flexibility index (Phi) is 6.46. The zero-order valence-corrected chi connectivity index (χ0v) is 15.0. The van der Waals surface area contributed by atoms with Crippen LogP contribution in [0.15, 0.2) is 48.7 Å². The first-order chi connectivity index (χ1) is 12.0. The van der Waals surface area contributed by atoms with Gasteiger partial charge in [-0.1, -0.05) is 30.3 Å². The summed E-state index contributed by atoms with van der Waals surface area (Å²) in [6.07, 6.45) is 3.51. The third-order valence-corrected chi connectivity index (χ3v) is 3.92. The van der Waals surface area contributed by atoms with Gasteiger partial charge in [-0.3, -0.25) is 0 Å². The molecule has 0 aliphatic carbocycles. The normalized spacial score (nSPS) is 11.8. The van der Waals surface area contributed by atoms with Crippen molar-refractivity contribution in [2.45, 2.75) is 19.9 Å². The Balaban J connectivity index is 1.95. The summed E-state index contributed by atoms with van der Waals surface area (Å²) in [7, 11) is 3.18. The van der Waals surface area contributed by atoms with Gasteiger partial charge in [-0.15, -0.1) is 0 Å². The van der Waals surface area contributed by atoms with Crippen molar-refractivity contribution < 1.29 is 14.3 Å². The lowest BCUT2D eigenvalue weighted by Gasteiger charge is -2.16. The number of carbonyl (C=O) groups is 1. The molecule has 2 aromatic carbocycles. The number of nitrogens with one attached hydrogen (secondary N) is 2. The molecule has 0 aromatic heterocycles. The second kappa shape index (κ2) is 8.78. The van der Waals surface area contributed by atoms with Crippen molar-refractivity contribution in [3.63, 3.8) is 0 Å². The van der Waals surface area contributed by atoms with Crippen LogP contribution in [0.2, 0.25) is 0 Å². The van der Waals surface area contributed by atoms with Gasteiger partial charge >= 0.3 is 6.03 Å². The average molecular weight is 340 g/mol. The van der Waals surface area contributed by atoms with E-state index in [1.54, 1.807) is 20.4 Å². The van der Waals surface area contributed by atoms with Crippen molar-refractivity contribution in [1.29, 1.82) is 0 Å². The maximum Gasteiger partial charge on any atom is 0.319 e. The smallest absolute Gasteiger partial charge is 0.319 e. The molecule has 132 valence electrons. The minimum absolute atomic E-state index is 0.174. The second-order valence-corrected chi connectivity index (χ2v) is 5.64. The highest BCUT2D eigenvalue weighted by molar-refractivity contribution is 5.76. The molecule has 1 unspecified atom stereocenters. The molecular weight excluding hydrogens is 316 g/mol. The molecule has 0 saturated carbocycles. The van der Waals surface area contributed by atoms with E-state index in [0.29, 0.717) is 11.5 Å². The lowest BCUT2D eigenvalue weighted by Crippen LogP contribution is -2.34. The quantitative estimate of drug-likeness (QED) is 0.834. The fourth-order valence-electron chi connectivity index (χ4n) is 2.42. The Bertz CT molecular complexity index is 756. The minimum atomic E-state index is -0.271. The van der Waals surface area contributed by atoms with Gasteiger partial charge < -0.3 is 20.1 Å². The molecular formula is C20H24N2O3. The summed E-state index contributed by atoms with van der Waals surface area (Å²) in [4.78, 5) is 12.1.